The summed E-state index contributed by atoms with van der Waals surface area (Å²) < 4.78 is 10.6. The number of amides is 2. The van der Waals surface area contributed by atoms with Crippen LogP contribution < -0.4 is 15.4 Å². The Morgan fingerprint density at radius 2 is 2.04 bits per heavy atom. The summed E-state index contributed by atoms with van der Waals surface area (Å²) in [6.07, 6.45) is 1.58. The lowest BCUT2D eigenvalue weighted by atomic mass is 10.2. The lowest BCUT2D eigenvalue weighted by Crippen LogP contribution is -2.29. The molecule has 0 saturated carbocycles. The van der Waals surface area contributed by atoms with Crippen molar-refractivity contribution in [2.24, 2.45) is 0 Å². The fourth-order valence-corrected chi connectivity index (χ4v) is 3.18. The molecule has 0 unspecified atom stereocenters. The van der Waals surface area contributed by atoms with E-state index in [0.29, 0.717) is 46.1 Å². The molecule has 146 valence electrons. The molecule has 2 N–H and O–H groups in total. The number of anilines is 1. The van der Waals surface area contributed by atoms with Crippen LogP contribution in [0.2, 0.25) is 5.02 Å². The molecule has 0 radical (unpaired) electrons. The first-order valence-electron chi connectivity index (χ1n) is 8.46. The van der Waals surface area contributed by atoms with Crippen molar-refractivity contribution in [1.82, 2.24) is 10.3 Å². The molecule has 2 aromatic heterocycles. The van der Waals surface area contributed by atoms with Crippen molar-refractivity contribution < 1.29 is 18.7 Å². The Hall–Kier alpha value is -2.84. The van der Waals surface area contributed by atoms with E-state index in [1.165, 1.54) is 17.6 Å². The normalized spacial score (nSPS) is 10.5. The highest BCUT2D eigenvalue weighted by molar-refractivity contribution is 7.14. The van der Waals surface area contributed by atoms with Crippen LogP contribution in [-0.2, 0) is 11.2 Å². The van der Waals surface area contributed by atoms with Crippen LogP contribution in [0.5, 0.6) is 5.75 Å². The number of nitrogens with zero attached hydrogens (tertiary/aromatic N) is 1. The molecule has 2 amide bonds. The van der Waals surface area contributed by atoms with E-state index >= 15 is 0 Å². The van der Waals surface area contributed by atoms with Gasteiger partial charge in [0.1, 0.15) is 18.1 Å². The van der Waals surface area contributed by atoms with Gasteiger partial charge in [-0.3, -0.25) is 14.9 Å². The third kappa shape index (κ3) is 5.58. The third-order valence-corrected chi connectivity index (χ3v) is 4.78. The number of benzene rings is 1. The number of hydrogen-bond acceptors (Lipinski definition) is 6. The van der Waals surface area contributed by atoms with Gasteiger partial charge in [-0.1, -0.05) is 11.6 Å². The molecule has 28 heavy (non-hydrogen) atoms. The van der Waals surface area contributed by atoms with E-state index in [1.807, 2.05) is 0 Å². The standard InChI is InChI=1S/C19H18ClN3O4S/c1-12-16(6-8-26-12)18(25)23-19-22-14(11-28-19)10-17(24)21-7-9-27-15-4-2-13(20)3-5-15/h2-6,8,11H,7,9-10H2,1H3,(H,21,24)(H,22,23,25). The van der Waals surface area contributed by atoms with E-state index in [2.05, 4.69) is 15.6 Å². The quantitative estimate of drug-likeness (QED) is 0.543. The van der Waals surface area contributed by atoms with Crippen LogP contribution in [0.3, 0.4) is 0 Å². The zero-order chi connectivity index (χ0) is 19.9. The second kappa shape index (κ2) is 9.38. The van der Waals surface area contributed by atoms with Crippen LogP contribution in [0.15, 0.2) is 46.4 Å². The SMILES string of the molecule is Cc1occc1C(=O)Nc1nc(CC(=O)NCCOc2ccc(Cl)cc2)cs1. The number of rotatable bonds is 8. The summed E-state index contributed by atoms with van der Waals surface area (Å²) in [5.74, 6) is 0.755. The van der Waals surface area contributed by atoms with Crippen LogP contribution in [0, 0.1) is 6.92 Å². The summed E-state index contributed by atoms with van der Waals surface area (Å²) in [7, 11) is 0. The molecule has 0 spiro atoms. The van der Waals surface area contributed by atoms with Gasteiger partial charge in [-0.2, -0.15) is 0 Å². The average molecular weight is 420 g/mol. The summed E-state index contributed by atoms with van der Waals surface area (Å²) in [6, 6.07) is 8.60. The second-order valence-electron chi connectivity index (χ2n) is 5.82. The van der Waals surface area contributed by atoms with Gasteiger partial charge in [-0.25, -0.2) is 4.98 Å². The van der Waals surface area contributed by atoms with Crippen molar-refractivity contribution in [3.63, 3.8) is 0 Å². The number of nitrogens with one attached hydrogen (secondary N) is 2. The predicted molar refractivity (Wildman–Crippen MR) is 107 cm³/mol. The highest BCUT2D eigenvalue weighted by Gasteiger charge is 2.14. The van der Waals surface area contributed by atoms with E-state index in [-0.39, 0.29) is 18.2 Å². The number of furan rings is 1. The topological polar surface area (TPSA) is 93.5 Å². The fourth-order valence-electron chi connectivity index (χ4n) is 2.35. The largest absolute Gasteiger partial charge is 0.492 e. The lowest BCUT2D eigenvalue weighted by Gasteiger charge is -2.07. The zero-order valence-corrected chi connectivity index (χ0v) is 16.6. The van der Waals surface area contributed by atoms with Crippen LogP contribution >= 0.6 is 22.9 Å². The van der Waals surface area contributed by atoms with Crippen LogP contribution in [0.1, 0.15) is 21.8 Å². The minimum atomic E-state index is -0.295. The van der Waals surface area contributed by atoms with Crippen molar-refractivity contribution in [2.45, 2.75) is 13.3 Å². The number of carbonyl (C=O) groups excluding carboxylic acids is 2. The van der Waals surface area contributed by atoms with E-state index in [9.17, 15) is 9.59 Å². The number of thiazole rings is 1. The molecule has 0 fully saturated rings. The predicted octanol–water partition coefficient (Wildman–Crippen LogP) is 3.69. The van der Waals surface area contributed by atoms with Crippen molar-refractivity contribution in [1.29, 1.82) is 0 Å². The molecule has 7 nitrogen and oxygen atoms in total. The Morgan fingerprint density at radius 1 is 1.25 bits per heavy atom. The minimum Gasteiger partial charge on any atom is -0.492 e. The van der Waals surface area contributed by atoms with Crippen LogP contribution in [-0.4, -0.2) is 29.9 Å². The first-order valence-corrected chi connectivity index (χ1v) is 9.72. The molecule has 0 aliphatic rings. The van der Waals surface area contributed by atoms with Crippen LogP contribution in [0.4, 0.5) is 5.13 Å². The highest BCUT2D eigenvalue weighted by Crippen LogP contribution is 2.18. The van der Waals surface area contributed by atoms with Crippen molar-refractivity contribution in [2.75, 3.05) is 18.5 Å². The summed E-state index contributed by atoms with van der Waals surface area (Å²) in [5.41, 5.74) is 1.04. The first kappa shape index (κ1) is 19.9. The molecule has 0 aliphatic carbocycles. The fraction of sp³-hybridized carbons (Fsp3) is 0.211. The van der Waals surface area contributed by atoms with Gasteiger partial charge < -0.3 is 14.5 Å². The molecule has 3 aromatic rings. The molecular formula is C19H18ClN3O4S. The summed E-state index contributed by atoms with van der Waals surface area (Å²) in [4.78, 5) is 28.4. The molecule has 0 bridgehead atoms. The Labute approximate surface area is 170 Å². The molecule has 9 heteroatoms. The molecular weight excluding hydrogens is 402 g/mol. The number of hydrogen-bond donors (Lipinski definition) is 2. The first-order chi connectivity index (χ1) is 13.5. The maximum Gasteiger partial charge on any atom is 0.260 e. The van der Waals surface area contributed by atoms with Gasteiger partial charge >= 0.3 is 0 Å². The van der Waals surface area contributed by atoms with Gasteiger partial charge in [0.2, 0.25) is 5.91 Å². The van der Waals surface area contributed by atoms with Gasteiger partial charge in [0, 0.05) is 10.4 Å². The number of ether oxygens (including phenoxy) is 1. The third-order valence-electron chi connectivity index (χ3n) is 3.72. The number of carbonyl (C=O) groups is 2. The van der Waals surface area contributed by atoms with E-state index in [0.717, 1.165) is 0 Å². The smallest absolute Gasteiger partial charge is 0.260 e. The zero-order valence-electron chi connectivity index (χ0n) is 15.0. The Morgan fingerprint density at radius 3 is 2.75 bits per heavy atom. The number of halogens is 1. The van der Waals surface area contributed by atoms with E-state index in [1.54, 1.807) is 42.6 Å². The van der Waals surface area contributed by atoms with Crippen molar-refractivity contribution in [3.05, 3.63) is 64.0 Å². The Kier molecular flexibility index (Phi) is 6.67. The molecule has 0 atom stereocenters. The van der Waals surface area contributed by atoms with Crippen LogP contribution in [0.25, 0.3) is 0 Å². The van der Waals surface area contributed by atoms with Gasteiger partial charge in [0.25, 0.3) is 5.91 Å². The molecule has 3 rings (SSSR count). The monoisotopic (exact) mass is 419 g/mol. The van der Waals surface area contributed by atoms with Gasteiger partial charge in [-0.05, 0) is 37.3 Å². The maximum absolute atomic E-state index is 12.1. The Balaban J connectivity index is 1.40. The summed E-state index contributed by atoms with van der Waals surface area (Å²) in [5, 5.41) is 8.27. The molecule has 0 aliphatic heterocycles. The number of aryl methyl sites for hydroxylation is 1. The lowest BCUT2D eigenvalue weighted by molar-refractivity contribution is -0.120. The highest BCUT2D eigenvalue weighted by atomic mass is 35.5. The average Bonchev–Trinajstić information content (AvgIpc) is 3.29. The molecule has 0 saturated heterocycles. The maximum atomic E-state index is 12.1. The summed E-state index contributed by atoms with van der Waals surface area (Å²) >= 11 is 7.07. The molecule has 1 aromatic carbocycles. The van der Waals surface area contributed by atoms with E-state index in [4.69, 9.17) is 20.8 Å². The Bertz CT molecular complexity index is 952. The minimum absolute atomic E-state index is 0.123. The van der Waals surface area contributed by atoms with Crippen molar-refractivity contribution in [3.8, 4) is 5.75 Å². The summed E-state index contributed by atoms with van der Waals surface area (Å²) in [6.45, 7) is 2.42. The van der Waals surface area contributed by atoms with Gasteiger partial charge in [0.05, 0.1) is 30.5 Å². The van der Waals surface area contributed by atoms with Gasteiger partial charge in [0.15, 0.2) is 5.13 Å². The molecule has 2 heterocycles. The van der Waals surface area contributed by atoms with Crippen molar-refractivity contribution >= 4 is 39.9 Å². The number of aromatic nitrogens is 1. The van der Waals surface area contributed by atoms with E-state index < -0.39 is 0 Å². The second-order valence-corrected chi connectivity index (χ2v) is 7.11. The van der Waals surface area contributed by atoms with Gasteiger partial charge in [-0.15, -0.1) is 11.3 Å².